The van der Waals surface area contributed by atoms with Crippen molar-refractivity contribution in [2.24, 2.45) is 0 Å². The van der Waals surface area contributed by atoms with Crippen molar-refractivity contribution in [2.75, 3.05) is 5.32 Å². The molecule has 0 radical (unpaired) electrons. The van der Waals surface area contributed by atoms with Gasteiger partial charge in [-0.15, -0.1) is 0 Å². The number of alkyl halides is 3. The maximum atomic E-state index is 15.1. The molecule has 39 heavy (non-hydrogen) atoms. The first kappa shape index (κ1) is 25.9. The molecule has 5 aromatic rings. The fourth-order valence-electron chi connectivity index (χ4n) is 4.12. The Morgan fingerprint density at radius 3 is 2.31 bits per heavy atom. The SMILES string of the molecule is CC(C)(O)c1cnc2c(NC(=O)c3cc(-c4ncccn4)c(C(F)(F)F)cc3F)c(-c3ccccc3)ncn12. The summed E-state index contributed by atoms with van der Waals surface area (Å²) in [6, 6.07) is 11.2. The summed E-state index contributed by atoms with van der Waals surface area (Å²) >= 11 is 0. The zero-order valence-corrected chi connectivity index (χ0v) is 20.5. The maximum absolute atomic E-state index is 15.1. The molecule has 3 aromatic heterocycles. The first-order valence-electron chi connectivity index (χ1n) is 11.6. The first-order chi connectivity index (χ1) is 18.4. The van der Waals surface area contributed by atoms with Gasteiger partial charge in [0.25, 0.3) is 5.91 Å². The van der Waals surface area contributed by atoms with Gasteiger partial charge in [0.2, 0.25) is 0 Å². The van der Waals surface area contributed by atoms with Crippen LogP contribution in [0.2, 0.25) is 0 Å². The van der Waals surface area contributed by atoms with E-state index in [4.69, 9.17) is 0 Å². The van der Waals surface area contributed by atoms with Crippen molar-refractivity contribution in [1.29, 1.82) is 0 Å². The number of rotatable bonds is 5. The van der Waals surface area contributed by atoms with Gasteiger partial charge in [-0.3, -0.25) is 9.20 Å². The van der Waals surface area contributed by atoms with Gasteiger partial charge in [0.1, 0.15) is 23.4 Å². The molecule has 2 N–H and O–H groups in total. The molecular weight excluding hydrogens is 516 g/mol. The van der Waals surface area contributed by atoms with Gasteiger partial charge < -0.3 is 10.4 Å². The molecule has 0 saturated carbocycles. The Morgan fingerprint density at radius 1 is 0.974 bits per heavy atom. The molecular formula is C27H20F4N6O2. The Kier molecular flexibility index (Phi) is 6.35. The molecule has 0 spiro atoms. The molecule has 0 unspecified atom stereocenters. The lowest BCUT2D eigenvalue weighted by molar-refractivity contribution is -0.137. The van der Waals surface area contributed by atoms with Gasteiger partial charge in [-0.25, -0.2) is 24.3 Å². The minimum atomic E-state index is -4.93. The Labute approximate surface area is 219 Å². The summed E-state index contributed by atoms with van der Waals surface area (Å²) in [5, 5.41) is 13.1. The van der Waals surface area contributed by atoms with Gasteiger partial charge in [-0.05, 0) is 32.0 Å². The third kappa shape index (κ3) is 4.93. The van der Waals surface area contributed by atoms with Gasteiger partial charge in [0.05, 0.1) is 28.7 Å². The Balaban J connectivity index is 1.67. The molecule has 0 fully saturated rings. The van der Waals surface area contributed by atoms with Gasteiger partial charge in [-0.2, -0.15) is 13.2 Å². The van der Waals surface area contributed by atoms with Gasteiger partial charge in [0, 0.05) is 23.5 Å². The normalized spacial score (nSPS) is 12.1. The summed E-state index contributed by atoms with van der Waals surface area (Å²) in [5.41, 5.74) is -2.36. The number of carbonyl (C=O) groups excluding carboxylic acids is 1. The fourth-order valence-corrected chi connectivity index (χ4v) is 4.12. The molecule has 198 valence electrons. The number of nitrogens with zero attached hydrogens (tertiary/aromatic N) is 5. The second-order valence-corrected chi connectivity index (χ2v) is 9.13. The summed E-state index contributed by atoms with van der Waals surface area (Å²) in [7, 11) is 0. The topological polar surface area (TPSA) is 105 Å². The van der Waals surface area contributed by atoms with E-state index >= 15 is 4.39 Å². The van der Waals surface area contributed by atoms with E-state index in [1.165, 1.54) is 35.4 Å². The average Bonchev–Trinajstić information content (AvgIpc) is 3.35. The molecule has 5 rings (SSSR count). The number of fused-ring (bicyclic) bond motifs is 1. The van der Waals surface area contributed by atoms with Crippen LogP contribution in [0.4, 0.5) is 23.2 Å². The highest BCUT2D eigenvalue weighted by molar-refractivity contribution is 6.09. The minimum absolute atomic E-state index is 0.0704. The van der Waals surface area contributed by atoms with Gasteiger partial charge in [0.15, 0.2) is 11.5 Å². The maximum Gasteiger partial charge on any atom is 0.417 e. The van der Waals surface area contributed by atoms with E-state index in [0.29, 0.717) is 11.3 Å². The first-order valence-corrected chi connectivity index (χ1v) is 11.6. The third-order valence-corrected chi connectivity index (χ3v) is 5.94. The Morgan fingerprint density at radius 2 is 1.67 bits per heavy atom. The van der Waals surface area contributed by atoms with E-state index in [1.54, 1.807) is 44.2 Å². The molecule has 3 heterocycles. The summed E-state index contributed by atoms with van der Waals surface area (Å²) < 4.78 is 57.8. The van der Waals surface area contributed by atoms with Crippen molar-refractivity contribution in [3.05, 3.63) is 96.1 Å². The van der Waals surface area contributed by atoms with E-state index in [0.717, 1.165) is 6.07 Å². The molecule has 2 aromatic carbocycles. The van der Waals surface area contributed by atoms with Crippen molar-refractivity contribution in [2.45, 2.75) is 25.6 Å². The number of benzene rings is 2. The second-order valence-electron chi connectivity index (χ2n) is 9.13. The van der Waals surface area contributed by atoms with Gasteiger partial charge >= 0.3 is 6.18 Å². The number of halogens is 4. The molecule has 8 nitrogen and oxygen atoms in total. The van der Waals surface area contributed by atoms with E-state index in [2.05, 4.69) is 25.3 Å². The van der Waals surface area contributed by atoms with Crippen molar-refractivity contribution in [3.8, 4) is 22.6 Å². The van der Waals surface area contributed by atoms with Crippen LogP contribution in [-0.2, 0) is 11.8 Å². The predicted molar refractivity (Wildman–Crippen MR) is 134 cm³/mol. The van der Waals surface area contributed by atoms with Crippen LogP contribution in [0, 0.1) is 5.82 Å². The molecule has 0 aliphatic carbocycles. The standard InChI is InChI=1S/C27H20F4N6O2/c1-26(2,39)20-13-34-24-22(21(35-14-37(20)24)15-7-4-3-5-8-15)36-25(38)17-11-16(23-32-9-6-10-33-23)18(12-19(17)28)27(29,30)31/h3-14,39H,1-2H3,(H,36,38). The van der Waals surface area contributed by atoms with Crippen LogP contribution in [0.1, 0.15) is 35.5 Å². The lowest BCUT2D eigenvalue weighted by Crippen LogP contribution is -2.20. The zero-order chi connectivity index (χ0) is 27.9. The van der Waals surface area contributed by atoms with E-state index < -0.39 is 40.2 Å². The predicted octanol–water partition coefficient (Wildman–Crippen LogP) is 5.49. The van der Waals surface area contributed by atoms with Crippen molar-refractivity contribution in [3.63, 3.8) is 0 Å². The van der Waals surface area contributed by atoms with Crippen LogP contribution >= 0.6 is 0 Å². The van der Waals surface area contributed by atoms with Crippen LogP contribution in [0.5, 0.6) is 0 Å². The largest absolute Gasteiger partial charge is 0.417 e. The highest BCUT2D eigenvalue weighted by Crippen LogP contribution is 2.38. The number of hydrogen-bond donors (Lipinski definition) is 2. The zero-order valence-electron chi connectivity index (χ0n) is 20.5. The Bertz CT molecular complexity index is 1680. The number of anilines is 1. The number of aliphatic hydroxyl groups is 1. The molecule has 0 saturated heterocycles. The summed E-state index contributed by atoms with van der Waals surface area (Å²) in [6.45, 7) is 3.09. The number of imidazole rings is 1. The van der Waals surface area contributed by atoms with Crippen LogP contribution in [0.25, 0.3) is 28.3 Å². The minimum Gasteiger partial charge on any atom is -0.384 e. The smallest absolute Gasteiger partial charge is 0.384 e. The second kappa shape index (κ2) is 9.55. The van der Waals surface area contributed by atoms with Crippen molar-refractivity contribution >= 4 is 17.2 Å². The highest BCUT2D eigenvalue weighted by Gasteiger charge is 2.36. The number of nitrogens with one attached hydrogen (secondary N) is 1. The van der Waals surface area contributed by atoms with Crippen molar-refractivity contribution in [1.82, 2.24) is 24.3 Å². The van der Waals surface area contributed by atoms with Crippen molar-refractivity contribution < 1.29 is 27.5 Å². The monoisotopic (exact) mass is 536 g/mol. The Hall–Kier alpha value is -4.71. The third-order valence-electron chi connectivity index (χ3n) is 5.94. The lowest BCUT2D eigenvalue weighted by atomic mass is 10.0. The number of amides is 1. The molecule has 0 bridgehead atoms. The van der Waals surface area contributed by atoms with Gasteiger partial charge in [-0.1, -0.05) is 30.3 Å². The quantitative estimate of drug-likeness (QED) is 0.288. The van der Waals surface area contributed by atoms with Crippen LogP contribution in [-0.4, -0.2) is 35.4 Å². The van der Waals surface area contributed by atoms with E-state index in [9.17, 15) is 23.1 Å². The van der Waals surface area contributed by atoms with E-state index in [1.807, 2.05) is 0 Å². The van der Waals surface area contributed by atoms with Crippen LogP contribution in [0.3, 0.4) is 0 Å². The highest BCUT2D eigenvalue weighted by atomic mass is 19.4. The summed E-state index contributed by atoms with van der Waals surface area (Å²) in [6.07, 6.45) is 0.386. The molecule has 12 heteroatoms. The molecule has 0 atom stereocenters. The number of aromatic nitrogens is 5. The molecule has 1 amide bonds. The average molecular weight is 536 g/mol. The lowest BCUT2D eigenvalue weighted by Gasteiger charge is -2.18. The summed E-state index contributed by atoms with van der Waals surface area (Å²) in [4.78, 5) is 29.9. The summed E-state index contributed by atoms with van der Waals surface area (Å²) in [5.74, 6) is -2.75. The van der Waals surface area contributed by atoms with Crippen LogP contribution in [0.15, 0.2) is 73.4 Å². The van der Waals surface area contributed by atoms with E-state index in [-0.39, 0.29) is 28.9 Å². The number of carbonyl (C=O) groups is 1. The van der Waals surface area contributed by atoms with Crippen LogP contribution < -0.4 is 5.32 Å². The molecule has 0 aliphatic rings. The molecule has 0 aliphatic heterocycles. The fraction of sp³-hybridized carbons (Fsp3) is 0.148. The number of hydrogen-bond acceptors (Lipinski definition) is 6.